The van der Waals surface area contributed by atoms with E-state index in [0.717, 1.165) is 18.0 Å². The van der Waals surface area contributed by atoms with Gasteiger partial charge in [0.2, 0.25) is 0 Å². The summed E-state index contributed by atoms with van der Waals surface area (Å²) in [4.78, 5) is 0. The highest BCUT2D eigenvalue weighted by Gasteiger charge is 2.32. The third-order valence-electron chi connectivity index (χ3n) is 2.67. The Balaban J connectivity index is 2.81. The zero-order valence-corrected chi connectivity index (χ0v) is 6.44. The molecule has 0 amide bonds. The highest BCUT2D eigenvalue weighted by molar-refractivity contribution is 5.16. The molecule has 2 N–H and O–H groups in total. The number of rotatable bonds is 0. The summed E-state index contributed by atoms with van der Waals surface area (Å²) in [5.41, 5.74) is 7.08. The molecule has 0 saturated carbocycles. The molecule has 1 nitrogen and oxygen atoms in total. The maximum Gasteiger partial charge on any atom is 0.0100 e. The third kappa shape index (κ3) is 0.846. The van der Waals surface area contributed by atoms with Gasteiger partial charge in [-0.25, -0.2) is 0 Å². The number of nitrogens with two attached hydrogens (primary N) is 1. The predicted octanol–water partition coefficient (Wildman–Crippen LogP) is 1.90. The summed E-state index contributed by atoms with van der Waals surface area (Å²) in [6.07, 6.45) is 3.30. The van der Waals surface area contributed by atoms with Crippen LogP contribution in [0.25, 0.3) is 0 Å². The molecule has 1 heteroatoms. The number of hydrogen-bond donors (Lipinski definition) is 1. The summed E-state index contributed by atoms with van der Waals surface area (Å²) in [6, 6.07) is 0. The molecule has 0 saturated heterocycles. The molecular weight excluding hydrogens is 110 g/mol. The fraction of sp³-hybridized carbons (Fsp3) is 0.750. The average molecular weight is 125 g/mol. The summed E-state index contributed by atoms with van der Waals surface area (Å²) in [5, 5.41) is 0. The largest absolute Gasteiger partial charge is 0.402 e. The third-order valence-corrected chi connectivity index (χ3v) is 2.67. The number of hydrogen-bond acceptors (Lipinski definition) is 1. The van der Waals surface area contributed by atoms with Crippen LogP contribution in [0.15, 0.2) is 11.8 Å². The second-order valence-corrected chi connectivity index (χ2v) is 3.52. The van der Waals surface area contributed by atoms with E-state index in [1.54, 1.807) is 0 Å². The summed E-state index contributed by atoms with van der Waals surface area (Å²) >= 11 is 0. The van der Waals surface area contributed by atoms with Crippen molar-refractivity contribution in [2.24, 2.45) is 17.1 Å². The first-order valence-electron chi connectivity index (χ1n) is 3.51. The quantitative estimate of drug-likeness (QED) is 0.525. The standard InChI is InChI=1S/C8H15N/c1-6-4-5-7(9)8(6,2)3/h5-6H,4,9H2,1-3H3. The normalized spacial score (nSPS) is 32.3. The van der Waals surface area contributed by atoms with Crippen LogP contribution in [0.2, 0.25) is 0 Å². The second-order valence-electron chi connectivity index (χ2n) is 3.52. The lowest BCUT2D eigenvalue weighted by atomic mass is 9.81. The van der Waals surface area contributed by atoms with Crippen molar-refractivity contribution in [3.8, 4) is 0 Å². The van der Waals surface area contributed by atoms with E-state index in [4.69, 9.17) is 5.73 Å². The first kappa shape index (κ1) is 6.66. The summed E-state index contributed by atoms with van der Waals surface area (Å²) < 4.78 is 0. The van der Waals surface area contributed by atoms with Crippen LogP contribution in [0, 0.1) is 11.3 Å². The number of allylic oxidation sites excluding steroid dienone is 2. The van der Waals surface area contributed by atoms with Crippen LogP contribution < -0.4 is 5.73 Å². The average Bonchev–Trinajstić information content (AvgIpc) is 1.96. The van der Waals surface area contributed by atoms with Gasteiger partial charge in [0.25, 0.3) is 0 Å². The van der Waals surface area contributed by atoms with Gasteiger partial charge in [0, 0.05) is 11.1 Å². The van der Waals surface area contributed by atoms with E-state index < -0.39 is 0 Å². The van der Waals surface area contributed by atoms with Crippen LogP contribution in [0.3, 0.4) is 0 Å². The summed E-state index contributed by atoms with van der Waals surface area (Å²) in [5.74, 6) is 0.720. The second kappa shape index (κ2) is 1.76. The lowest BCUT2D eigenvalue weighted by molar-refractivity contribution is 0.314. The Kier molecular flexibility index (Phi) is 1.30. The van der Waals surface area contributed by atoms with Gasteiger partial charge in [-0.2, -0.15) is 0 Å². The van der Waals surface area contributed by atoms with Gasteiger partial charge in [0.15, 0.2) is 0 Å². The summed E-state index contributed by atoms with van der Waals surface area (Å²) in [6.45, 7) is 6.66. The minimum Gasteiger partial charge on any atom is -0.402 e. The molecular formula is C8H15N. The first-order valence-corrected chi connectivity index (χ1v) is 3.51. The molecule has 1 aliphatic carbocycles. The molecule has 0 aromatic heterocycles. The molecule has 0 radical (unpaired) electrons. The molecule has 52 valence electrons. The van der Waals surface area contributed by atoms with Gasteiger partial charge in [0.05, 0.1) is 0 Å². The predicted molar refractivity (Wildman–Crippen MR) is 39.8 cm³/mol. The van der Waals surface area contributed by atoms with Gasteiger partial charge in [-0.05, 0) is 12.3 Å². The van der Waals surface area contributed by atoms with Crippen LogP contribution >= 0.6 is 0 Å². The smallest absolute Gasteiger partial charge is 0.0100 e. The van der Waals surface area contributed by atoms with Gasteiger partial charge in [-0.1, -0.05) is 26.8 Å². The van der Waals surface area contributed by atoms with E-state index in [9.17, 15) is 0 Å². The topological polar surface area (TPSA) is 26.0 Å². The van der Waals surface area contributed by atoms with Crippen molar-refractivity contribution in [2.45, 2.75) is 27.2 Å². The Hall–Kier alpha value is -0.460. The molecule has 0 spiro atoms. The maximum atomic E-state index is 5.76. The van der Waals surface area contributed by atoms with Gasteiger partial charge >= 0.3 is 0 Å². The molecule has 0 fully saturated rings. The van der Waals surface area contributed by atoms with Crippen molar-refractivity contribution in [2.75, 3.05) is 0 Å². The zero-order valence-electron chi connectivity index (χ0n) is 6.44. The minimum atomic E-state index is 0.250. The molecule has 0 bridgehead atoms. The molecule has 0 aromatic rings. The van der Waals surface area contributed by atoms with Crippen LogP contribution in [0.1, 0.15) is 27.2 Å². The van der Waals surface area contributed by atoms with Gasteiger partial charge < -0.3 is 5.73 Å². The van der Waals surface area contributed by atoms with Crippen molar-refractivity contribution in [3.63, 3.8) is 0 Å². The highest BCUT2D eigenvalue weighted by atomic mass is 14.7. The van der Waals surface area contributed by atoms with Gasteiger partial charge in [-0.3, -0.25) is 0 Å². The molecule has 0 heterocycles. The maximum absolute atomic E-state index is 5.76. The highest BCUT2D eigenvalue weighted by Crippen LogP contribution is 2.39. The van der Waals surface area contributed by atoms with Crippen LogP contribution in [0.4, 0.5) is 0 Å². The lowest BCUT2D eigenvalue weighted by Gasteiger charge is -2.25. The molecule has 1 rings (SSSR count). The monoisotopic (exact) mass is 125 g/mol. The Morgan fingerprint density at radius 3 is 2.33 bits per heavy atom. The van der Waals surface area contributed by atoms with Crippen molar-refractivity contribution in [1.82, 2.24) is 0 Å². The molecule has 0 aliphatic heterocycles. The van der Waals surface area contributed by atoms with E-state index in [1.165, 1.54) is 0 Å². The molecule has 1 atom stereocenters. The first-order chi connectivity index (χ1) is 4.05. The van der Waals surface area contributed by atoms with Crippen LogP contribution in [0.5, 0.6) is 0 Å². The van der Waals surface area contributed by atoms with Crippen molar-refractivity contribution in [1.29, 1.82) is 0 Å². The van der Waals surface area contributed by atoms with E-state index >= 15 is 0 Å². The molecule has 0 aromatic carbocycles. The minimum absolute atomic E-state index is 0.250. The SMILES string of the molecule is CC1CC=C(N)C1(C)C. The Morgan fingerprint density at radius 1 is 1.67 bits per heavy atom. The van der Waals surface area contributed by atoms with Gasteiger partial charge in [-0.15, -0.1) is 0 Å². The summed E-state index contributed by atoms with van der Waals surface area (Å²) in [7, 11) is 0. The van der Waals surface area contributed by atoms with Crippen molar-refractivity contribution in [3.05, 3.63) is 11.8 Å². The molecule has 1 aliphatic rings. The molecule has 1 unspecified atom stereocenters. The van der Waals surface area contributed by atoms with Crippen LogP contribution in [-0.4, -0.2) is 0 Å². The van der Waals surface area contributed by atoms with Crippen LogP contribution in [-0.2, 0) is 0 Å². The van der Waals surface area contributed by atoms with Crippen molar-refractivity contribution < 1.29 is 0 Å². The zero-order chi connectivity index (χ0) is 7.07. The fourth-order valence-corrected chi connectivity index (χ4v) is 1.15. The van der Waals surface area contributed by atoms with Crippen molar-refractivity contribution >= 4 is 0 Å². The Labute approximate surface area is 56.9 Å². The van der Waals surface area contributed by atoms with Gasteiger partial charge in [0.1, 0.15) is 0 Å². The fourth-order valence-electron chi connectivity index (χ4n) is 1.15. The van der Waals surface area contributed by atoms with E-state index in [-0.39, 0.29) is 5.41 Å². The lowest BCUT2D eigenvalue weighted by Crippen LogP contribution is -2.22. The van der Waals surface area contributed by atoms with E-state index in [1.807, 2.05) is 0 Å². The molecule has 9 heavy (non-hydrogen) atoms. The van der Waals surface area contributed by atoms with E-state index in [2.05, 4.69) is 26.8 Å². The Bertz CT molecular complexity index is 145. The Morgan fingerprint density at radius 2 is 2.22 bits per heavy atom. The van der Waals surface area contributed by atoms with E-state index in [0.29, 0.717) is 0 Å².